The number of ether oxygens (including phenoxy) is 1. The molecule has 1 saturated heterocycles. The van der Waals surface area contributed by atoms with Gasteiger partial charge in [-0.25, -0.2) is 0 Å². The van der Waals surface area contributed by atoms with E-state index in [2.05, 4.69) is 0 Å². The molecule has 0 spiro atoms. The summed E-state index contributed by atoms with van der Waals surface area (Å²) in [6.45, 7) is 1.85. The maximum atomic E-state index is 10.9. The standard InChI is InChI=1S/C7H10Cl2O2/c1-4-2-5(3-6(8)9)11-7(4)10/h4-6H,2-3H2,1H3/t4-,5+/m1/s1. The highest BCUT2D eigenvalue weighted by Gasteiger charge is 2.31. The molecule has 0 aromatic rings. The molecule has 2 nitrogen and oxygen atoms in total. The molecular weight excluding hydrogens is 187 g/mol. The third-order valence-electron chi connectivity index (χ3n) is 1.74. The zero-order valence-electron chi connectivity index (χ0n) is 6.22. The summed E-state index contributed by atoms with van der Waals surface area (Å²) in [5.74, 6) is -0.129. The van der Waals surface area contributed by atoms with Gasteiger partial charge in [0.05, 0.1) is 5.92 Å². The van der Waals surface area contributed by atoms with Crippen molar-refractivity contribution < 1.29 is 9.53 Å². The topological polar surface area (TPSA) is 26.3 Å². The van der Waals surface area contributed by atoms with Crippen LogP contribution in [0.5, 0.6) is 0 Å². The SMILES string of the molecule is C[C@@H]1C[C@@H](CC(Cl)Cl)OC1=O. The van der Waals surface area contributed by atoms with Crippen LogP contribution in [0.15, 0.2) is 0 Å². The predicted molar refractivity (Wildman–Crippen MR) is 43.8 cm³/mol. The maximum absolute atomic E-state index is 10.9. The van der Waals surface area contributed by atoms with Gasteiger partial charge in [0, 0.05) is 6.42 Å². The van der Waals surface area contributed by atoms with Gasteiger partial charge < -0.3 is 4.74 Å². The van der Waals surface area contributed by atoms with E-state index < -0.39 is 4.84 Å². The van der Waals surface area contributed by atoms with E-state index in [9.17, 15) is 4.79 Å². The molecule has 0 aromatic carbocycles. The van der Waals surface area contributed by atoms with E-state index in [0.29, 0.717) is 6.42 Å². The van der Waals surface area contributed by atoms with E-state index in [1.807, 2.05) is 6.92 Å². The van der Waals surface area contributed by atoms with Gasteiger partial charge in [-0.1, -0.05) is 6.92 Å². The Hall–Kier alpha value is 0.0500. The summed E-state index contributed by atoms with van der Waals surface area (Å²) in [6, 6.07) is 0. The molecule has 1 rings (SSSR count). The average molecular weight is 197 g/mol. The predicted octanol–water partition coefficient (Wildman–Crippen LogP) is 2.13. The van der Waals surface area contributed by atoms with Gasteiger partial charge in [-0.2, -0.15) is 0 Å². The molecule has 0 radical (unpaired) electrons. The Morgan fingerprint density at radius 3 is 2.73 bits per heavy atom. The van der Waals surface area contributed by atoms with Gasteiger partial charge in [0.15, 0.2) is 0 Å². The summed E-state index contributed by atoms with van der Waals surface area (Å²) in [4.78, 5) is 10.4. The summed E-state index contributed by atoms with van der Waals surface area (Å²) >= 11 is 11.1. The zero-order chi connectivity index (χ0) is 8.43. The lowest BCUT2D eigenvalue weighted by atomic mass is 10.1. The van der Waals surface area contributed by atoms with Crippen LogP contribution < -0.4 is 0 Å². The molecule has 0 unspecified atom stereocenters. The minimum atomic E-state index is -0.432. The molecule has 1 aliphatic heterocycles. The summed E-state index contributed by atoms with van der Waals surface area (Å²) in [5, 5.41) is 0. The van der Waals surface area contributed by atoms with Gasteiger partial charge in [-0.05, 0) is 6.42 Å². The van der Waals surface area contributed by atoms with Gasteiger partial charge in [-0.3, -0.25) is 4.79 Å². The highest BCUT2D eigenvalue weighted by molar-refractivity contribution is 6.44. The number of carbonyl (C=O) groups is 1. The van der Waals surface area contributed by atoms with Crippen LogP contribution in [-0.2, 0) is 9.53 Å². The lowest BCUT2D eigenvalue weighted by Gasteiger charge is -2.07. The molecule has 0 amide bonds. The van der Waals surface area contributed by atoms with Crippen molar-refractivity contribution in [3.8, 4) is 0 Å². The van der Waals surface area contributed by atoms with Crippen molar-refractivity contribution in [1.82, 2.24) is 0 Å². The second-order valence-corrected chi connectivity index (χ2v) is 4.10. The number of halogens is 2. The van der Waals surface area contributed by atoms with Gasteiger partial charge >= 0.3 is 5.97 Å². The first-order valence-corrected chi connectivity index (χ1v) is 4.45. The molecule has 0 bridgehead atoms. The van der Waals surface area contributed by atoms with Crippen molar-refractivity contribution in [2.45, 2.75) is 30.7 Å². The van der Waals surface area contributed by atoms with Crippen LogP contribution in [-0.4, -0.2) is 16.9 Å². The number of carbonyl (C=O) groups excluding carboxylic acids is 1. The Labute approximate surface area is 75.8 Å². The molecule has 4 heteroatoms. The van der Waals surface area contributed by atoms with Crippen LogP contribution >= 0.6 is 23.2 Å². The first kappa shape index (κ1) is 9.14. The smallest absolute Gasteiger partial charge is 0.309 e. The first-order chi connectivity index (χ1) is 5.09. The summed E-state index contributed by atoms with van der Waals surface area (Å²) < 4.78 is 4.98. The van der Waals surface area contributed by atoms with Crippen molar-refractivity contribution in [3.63, 3.8) is 0 Å². The number of rotatable bonds is 2. The number of alkyl halides is 2. The molecule has 0 saturated carbocycles. The summed E-state index contributed by atoms with van der Waals surface area (Å²) in [6.07, 6.45) is 1.21. The van der Waals surface area contributed by atoms with E-state index in [1.165, 1.54) is 0 Å². The lowest BCUT2D eigenvalue weighted by molar-refractivity contribution is -0.144. The van der Waals surface area contributed by atoms with Gasteiger partial charge in [0.1, 0.15) is 10.9 Å². The van der Waals surface area contributed by atoms with Crippen molar-refractivity contribution >= 4 is 29.2 Å². The molecule has 1 aliphatic rings. The molecule has 1 heterocycles. The van der Waals surface area contributed by atoms with Gasteiger partial charge in [0.2, 0.25) is 0 Å². The van der Waals surface area contributed by atoms with Crippen LogP contribution in [0.2, 0.25) is 0 Å². The highest BCUT2D eigenvalue weighted by Crippen LogP contribution is 2.25. The Bertz CT molecular complexity index is 159. The van der Waals surface area contributed by atoms with Crippen molar-refractivity contribution in [1.29, 1.82) is 0 Å². The second kappa shape index (κ2) is 3.63. The van der Waals surface area contributed by atoms with E-state index in [-0.39, 0.29) is 18.0 Å². The highest BCUT2D eigenvalue weighted by atomic mass is 35.5. The number of esters is 1. The maximum Gasteiger partial charge on any atom is 0.309 e. The zero-order valence-corrected chi connectivity index (χ0v) is 7.73. The third kappa shape index (κ3) is 2.53. The van der Waals surface area contributed by atoms with E-state index >= 15 is 0 Å². The van der Waals surface area contributed by atoms with Crippen LogP contribution in [0.4, 0.5) is 0 Å². The van der Waals surface area contributed by atoms with Crippen LogP contribution in [0.3, 0.4) is 0 Å². The van der Waals surface area contributed by atoms with Crippen molar-refractivity contribution in [2.24, 2.45) is 5.92 Å². The summed E-state index contributed by atoms with van der Waals surface area (Å²) in [7, 11) is 0. The van der Waals surface area contributed by atoms with Crippen molar-refractivity contribution in [3.05, 3.63) is 0 Å². The molecule has 0 aliphatic carbocycles. The Morgan fingerprint density at radius 1 is 1.73 bits per heavy atom. The lowest BCUT2D eigenvalue weighted by Crippen LogP contribution is -2.09. The molecular formula is C7H10Cl2O2. The van der Waals surface area contributed by atoms with E-state index in [0.717, 1.165) is 6.42 Å². The fraction of sp³-hybridized carbons (Fsp3) is 0.857. The minimum Gasteiger partial charge on any atom is -0.462 e. The monoisotopic (exact) mass is 196 g/mol. The number of cyclic esters (lactones) is 1. The van der Waals surface area contributed by atoms with Gasteiger partial charge in [-0.15, -0.1) is 23.2 Å². The number of hydrogen-bond donors (Lipinski definition) is 0. The van der Waals surface area contributed by atoms with Crippen LogP contribution in [0.1, 0.15) is 19.8 Å². The number of hydrogen-bond acceptors (Lipinski definition) is 2. The fourth-order valence-corrected chi connectivity index (χ4v) is 1.56. The molecule has 0 aromatic heterocycles. The molecule has 64 valence electrons. The fourth-order valence-electron chi connectivity index (χ4n) is 1.16. The van der Waals surface area contributed by atoms with E-state index in [4.69, 9.17) is 27.9 Å². The third-order valence-corrected chi connectivity index (χ3v) is 2.10. The molecule has 2 atom stereocenters. The van der Waals surface area contributed by atoms with Crippen LogP contribution in [0.25, 0.3) is 0 Å². The molecule has 0 N–H and O–H groups in total. The molecule has 1 fully saturated rings. The van der Waals surface area contributed by atoms with Gasteiger partial charge in [0.25, 0.3) is 0 Å². The normalized spacial score (nSPS) is 31.1. The summed E-state index contributed by atoms with van der Waals surface area (Å²) in [5.41, 5.74) is 0. The Balaban J connectivity index is 2.35. The Morgan fingerprint density at radius 2 is 2.36 bits per heavy atom. The minimum absolute atomic E-state index is 0.00656. The first-order valence-electron chi connectivity index (χ1n) is 3.58. The average Bonchev–Trinajstić information content (AvgIpc) is 2.10. The molecule has 11 heavy (non-hydrogen) atoms. The van der Waals surface area contributed by atoms with Crippen molar-refractivity contribution in [2.75, 3.05) is 0 Å². The Kier molecular flexibility index (Phi) is 3.02. The van der Waals surface area contributed by atoms with Crippen LogP contribution in [0, 0.1) is 5.92 Å². The van der Waals surface area contributed by atoms with E-state index in [1.54, 1.807) is 0 Å². The largest absolute Gasteiger partial charge is 0.462 e. The second-order valence-electron chi connectivity index (χ2n) is 2.82. The quantitative estimate of drug-likeness (QED) is 0.500.